The summed E-state index contributed by atoms with van der Waals surface area (Å²) in [6, 6.07) is 7.34. The minimum Gasteiger partial charge on any atom is -0.399 e. The van der Waals surface area contributed by atoms with Crippen LogP contribution in [0.2, 0.25) is 0 Å². The normalized spacial score (nSPS) is 15.3. The second-order valence-corrected chi connectivity index (χ2v) is 3.19. The molecule has 0 fully saturated rings. The minimum absolute atomic E-state index is 0.0294. The smallest absolute Gasteiger partial charge is 0.0940 e. The van der Waals surface area contributed by atoms with Gasteiger partial charge >= 0.3 is 0 Å². The van der Waals surface area contributed by atoms with Gasteiger partial charge in [-0.3, -0.25) is 0 Å². The molecular formula is C10H16N2O. The van der Waals surface area contributed by atoms with Crippen molar-refractivity contribution in [2.24, 2.45) is 0 Å². The lowest BCUT2D eigenvalue weighted by Gasteiger charge is -2.18. The Morgan fingerprint density at radius 3 is 2.69 bits per heavy atom. The summed E-state index contributed by atoms with van der Waals surface area (Å²) in [5, 5.41) is 12.8. The van der Waals surface area contributed by atoms with Crippen molar-refractivity contribution in [2.45, 2.75) is 19.1 Å². The molecule has 3 nitrogen and oxygen atoms in total. The highest BCUT2D eigenvalue weighted by Crippen LogP contribution is 2.18. The first-order chi connectivity index (χ1) is 6.15. The maximum atomic E-state index is 9.80. The fraction of sp³-hybridized carbons (Fsp3) is 0.400. The number of aliphatic hydroxyl groups excluding tert-OH is 1. The number of hydrogen-bond donors (Lipinski definition) is 3. The molecule has 0 unspecified atom stereocenters. The molecule has 0 aromatic heterocycles. The number of rotatable bonds is 3. The summed E-state index contributed by atoms with van der Waals surface area (Å²) in [6.45, 7) is 1.92. The van der Waals surface area contributed by atoms with E-state index >= 15 is 0 Å². The average Bonchev–Trinajstić information content (AvgIpc) is 2.15. The van der Waals surface area contributed by atoms with Gasteiger partial charge in [0.2, 0.25) is 0 Å². The molecule has 0 spiro atoms. The molecule has 0 bridgehead atoms. The van der Waals surface area contributed by atoms with E-state index in [0.717, 1.165) is 5.56 Å². The lowest BCUT2D eigenvalue weighted by Crippen LogP contribution is -2.28. The number of hydrogen-bond acceptors (Lipinski definition) is 3. The van der Waals surface area contributed by atoms with Gasteiger partial charge in [0, 0.05) is 11.7 Å². The number of nitrogens with two attached hydrogens (primary N) is 1. The lowest BCUT2D eigenvalue weighted by atomic mass is 10.0. The Labute approximate surface area is 78.6 Å². The van der Waals surface area contributed by atoms with Crippen LogP contribution in [0.15, 0.2) is 24.3 Å². The number of nitrogen functional groups attached to an aromatic ring is 1. The first kappa shape index (κ1) is 10.0. The third-order valence-electron chi connectivity index (χ3n) is 2.18. The van der Waals surface area contributed by atoms with E-state index in [1.54, 1.807) is 12.1 Å². The van der Waals surface area contributed by atoms with Crippen LogP contribution in [-0.2, 0) is 0 Å². The van der Waals surface area contributed by atoms with E-state index in [0.29, 0.717) is 5.69 Å². The zero-order valence-corrected chi connectivity index (χ0v) is 7.99. The highest BCUT2D eigenvalue weighted by molar-refractivity contribution is 5.41. The van der Waals surface area contributed by atoms with Crippen LogP contribution in [0.5, 0.6) is 0 Å². The van der Waals surface area contributed by atoms with Gasteiger partial charge in [0.05, 0.1) is 6.10 Å². The highest BCUT2D eigenvalue weighted by atomic mass is 16.3. The summed E-state index contributed by atoms with van der Waals surface area (Å²) in [4.78, 5) is 0. The molecule has 0 amide bonds. The Kier molecular flexibility index (Phi) is 3.28. The Hall–Kier alpha value is -1.06. The summed E-state index contributed by atoms with van der Waals surface area (Å²) in [6.07, 6.45) is -0.506. The fourth-order valence-corrected chi connectivity index (χ4v) is 1.19. The van der Waals surface area contributed by atoms with E-state index in [4.69, 9.17) is 5.73 Å². The second kappa shape index (κ2) is 4.25. The SMILES string of the molecule is CN[C@H](C)[C@@H](O)c1cccc(N)c1. The molecule has 0 heterocycles. The third-order valence-corrected chi connectivity index (χ3v) is 2.18. The zero-order chi connectivity index (χ0) is 9.84. The van der Waals surface area contributed by atoms with E-state index in [1.807, 2.05) is 26.1 Å². The Morgan fingerprint density at radius 1 is 1.46 bits per heavy atom. The summed E-state index contributed by atoms with van der Waals surface area (Å²) in [5.74, 6) is 0. The van der Waals surface area contributed by atoms with Crippen molar-refractivity contribution < 1.29 is 5.11 Å². The summed E-state index contributed by atoms with van der Waals surface area (Å²) < 4.78 is 0. The highest BCUT2D eigenvalue weighted by Gasteiger charge is 2.13. The maximum Gasteiger partial charge on any atom is 0.0940 e. The van der Waals surface area contributed by atoms with Crippen LogP contribution < -0.4 is 11.1 Å². The molecule has 0 aliphatic carbocycles. The van der Waals surface area contributed by atoms with Gasteiger partial charge in [-0.1, -0.05) is 12.1 Å². The molecule has 1 rings (SSSR count). The van der Waals surface area contributed by atoms with E-state index in [-0.39, 0.29) is 6.04 Å². The molecule has 0 saturated carbocycles. The maximum absolute atomic E-state index is 9.80. The zero-order valence-electron chi connectivity index (χ0n) is 7.99. The third kappa shape index (κ3) is 2.44. The Morgan fingerprint density at radius 2 is 2.15 bits per heavy atom. The monoisotopic (exact) mass is 180 g/mol. The van der Waals surface area contributed by atoms with Crippen LogP contribution in [-0.4, -0.2) is 18.2 Å². The van der Waals surface area contributed by atoms with E-state index < -0.39 is 6.10 Å². The van der Waals surface area contributed by atoms with Crippen molar-refractivity contribution in [3.63, 3.8) is 0 Å². The minimum atomic E-state index is -0.506. The van der Waals surface area contributed by atoms with E-state index in [9.17, 15) is 5.11 Å². The largest absolute Gasteiger partial charge is 0.399 e. The van der Waals surface area contributed by atoms with Crippen molar-refractivity contribution in [3.05, 3.63) is 29.8 Å². The van der Waals surface area contributed by atoms with Crippen LogP contribution in [0.3, 0.4) is 0 Å². The number of nitrogens with one attached hydrogen (secondary N) is 1. The van der Waals surface area contributed by atoms with Gasteiger partial charge in [-0.2, -0.15) is 0 Å². The molecule has 2 atom stereocenters. The van der Waals surface area contributed by atoms with E-state index in [1.165, 1.54) is 0 Å². The number of likely N-dealkylation sites (N-methyl/N-ethyl adjacent to an activating group) is 1. The summed E-state index contributed by atoms with van der Waals surface area (Å²) in [7, 11) is 1.82. The standard InChI is InChI=1S/C10H16N2O/c1-7(12-2)10(13)8-4-3-5-9(11)6-8/h3-7,10,12-13H,11H2,1-2H3/t7-,10-/m1/s1. The van der Waals surface area contributed by atoms with Crippen LogP contribution in [0, 0.1) is 0 Å². The first-order valence-corrected chi connectivity index (χ1v) is 4.36. The van der Waals surface area contributed by atoms with Crippen molar-refractivity contribution >= 4 is 5.69 Å². The van der Waals surface area contributed by atoms with Crippen LogP contribution in [0.25, 0.3) is 0 Å². The van der Waals surface area contributed by atoms with Crippen molar-refractivity contribution in [3.8, 4) is 0 Å². The Bertz CT molecular complexity index is 275. The molecule has 1 aromatic carbocycles. The predicted octanol–water partition coefficient (Wildman–Crippen LogP) is 0.910. The molecule has 1 aromatic rings. The van der Waals surface area contributed by atoms with Crippen molar-refractivity contribution in [1.29, 1.82) is 0 Å². The fourth-order valence-electron chi connectivity index (χ4n) is 1.19. The van der Waals surface area contributed by atoms with Gasteiger partial charge < -0.3 is 16.2 Å². The molecular weight excluding hydrogens is 164 g/mol. The summed E-state index contributed by atoms with van der Waals surface area (Å²) in [5.41, 5.74) is 7.14. The number of anilines is 1. The van der Waals surface area contributed by atoms with Gasteiger partial charge in [0.15, 0.2) is 0 Å². The van der Waals surface area contributed by atoms with Gasteiger partial charge in [-0.05, 0) is 31.7 Å². The number of benzene rings is 1. The van der Waals surface area contributed by atoms with Gasteiger partial charge in [-0.15, -0.1) is 0 Å². The number of aliphatic hydroxyl groups is 1. The lowest BCUT2D eigenvalue weighted by molar-refractivity contribution is 0.140. The van der Waals surface area contributed by atoms with Crippen molar-refractivity contribution in [2.75, 3.05) is 12.8 Å². The first-order valence-electron chi connectivity index (χ1n) is 4.36. The molecule has 3 heteroatoms. The molecule has 4 N–H and O–H groups in total. The summed E-state index contributed by atoms with van der Waals surface area (Å²) >= 11 is 0. The van der Waals surface area contributed by atoms with E-state index in [2.05, 4.69) is 5.32 Å². The molecule has 0 aliphatic heterocycles. The molecule has 0 saturated heterocycles. The van der Waals surface area contributed by atoms with Crippen molar-refractivity contribution in [1.82, 2.24) is 5.32 Å². The molecule has 0 aliphatic rings. The molecule has 0 radical (unpaired) electrons. The quantitative estimate of drug-likeness (QED) is 0.606. The van der Waals surface area contributed by atoms with Crippen LogP contribution >= 0.6 is 0 Å². The van der Waals surface area contributed by atoms with Crippen LogP contribution in [0.1, 0.15) is 18.6 Å². The topological polar surface area (TPSA) is 58.3 Å². The molecule has 13 heavy (non-hydrogen) atoms. The van der Waals surface area contributed by atoms with Crippen LogP contribution in [0.4, 0.5) is 5.69 Å². The predicted molar refractivity (Wildman–Crippen MR) is 54.3 cm³/mol. The molecule has 72 valence electrons. The Balaban J connectivity index is 2.82. The van der Waals surface area contributed by atoms with Gasteiger partial charge in [0.25, 0.3) is 0 Å². The van der Waals surface area contributed by atoms with Gasteiger partial charge in [0.1, 0.15) is 0 Å². The van der Waals surface area contributed by atoms with Gasteiger partial charge in [-0.25, -0.2) is 0 Å². The average molecular weight is 180 g/mol. The second-order valence-electron chi connectivity index (χ2n) is 3.19.